The number of carbonyl (C=O) groups excluding carboxylic acids is 1. The van der Waals surface area contributed by atoms with Crippen LogP contribution >= 0.6 is 0 Å². The van der Waals surface area contributed by atoms with E-state index < -0.39 is 0 Å². The second-order valence-corrected chi connectivity index (χ2v) is 6.33. The van der Waals surface area contributed by atoms with Crippen molar-refractivity contribution < 1.29 is 4.79 Å². The SMILES string of the molecule is Cc1cc(C)cc(NC(=O)NC2(CN(C)C)CCC2)c1. The van der Waals surface area contributed by atoms with Crippen LogP contribution in [0.3, 0.4) is 0 Å². The number of nitrogens with one attached hydrogen (secondary N) is 2. The molecule has 4 heteroatoms. The van der Waals surface area contributed by atoms with Gasteiger partial charge in [0.1, 0.15) is 0 Å². The van der Waals surface area contributed by atoms with Crippen LogP contribution in [0.1, 0.15) is 30.4 Å². The molecule has 4 nitrogen and oxygen atoms in total. The van der Waals surface area contributed by atoms with Gasteiger partial charge in [-0.25, -0.2) is 4.79 Å². The standard InChI is InChI=1S/C16H25N3O/c1-12-8-13(2)10-14(9-12)17-15(20)18-16(6-5-7-16)11-19(3)4/h8-10H,5-7,11H2,1-4H3,(H2,17,18,20). The lowest BCUT2D eigenvalue weighted by Crippen LogP contribution is -2.59. The minimum Gasteiger partial charge on any atom is -0.331 e. The number of aryl methyl sites for hydroxylation is 2. The van der Waals surface area contributed by atoms with E-state index >= 15 is 0 Å². The molecule has 0 aromatic heterocycles. The molecule has 20 heavy (non-hydrogen) atoms. The summed E-state index contributed by atoms with van der Waals surface area (Å²) >= 11 is 0. The molecule has 0 bridgehead atoms. The molecule has 0 unspecified atom stereocenters. The van der Waals surface area contributed by atoms with Crippen LogP contribution < -0.4 is 10.6 Å². The highest BCUT2D eigenvalue weighted by Gasteiger charge is 2.38. The number of benzene rings is 1. The van der Waals surface area contributed by atoms with Crippen molar-refractivity contribution in [3.05, 3.63) is 29.3 Å². The Morgan fingerprint density at radius 2 is 1.80 bits per heavy atom. The van der Waals surface area contributed by atoms with Gasteiger partial charge in [0.2, 0.25) is 0 Å². The first-order valence-corrected chi connectivity index (χ1v) is 7.21. The van der Waals surface area contributed by atoms with Gasteiger partial charge in [-0.15, -0.1) is 0 Å². The van der Waals surface area contributed by atoms with E-state index in [1.54, 1.807) is 0 Å². The Labute approximate surface area is 121 Å². The molecule has 1 aromatic carbocycles. The first-order valence-electron chi connectivity index (χ1n) is 7.21. The molecule has 0 saturated heterocycles. The van der Waals surface area contributed by atoms with Gasteiger partial charge >= 0.3 is 6.03 Å². The van der Waals surface area contributed by atoms with E-state index in [1.165, 1.54) is 6.42 Å². The van der Waals surface area contributed by atoms with Gasteiger partial charge in [0.15, 0.2) is 0 Å². The highest BCUT2D eigenvalue weighted by molar-refractivity contribution is 5.90. The molecule has 1 aliphatic carbocycles. The van der Waals surface area contributed by atoms with Crippen molar-refractivity contribution in [2.24, 2.45) is 0 Å². The highest BCUT2D eigenvalue weighted by Crippen LogP contribution is 2.32. The molecule has 110 valence electrons. The second-order valence-electron chi connectivity index (χ2n) is 6.33. The van der Waals surface area contributed by atoms with Gasteiger partial charge in [-0.05, 0) is 70.5 Å². The number of hydrogen-bond acceptors (Lipinski definition) is 2. The predicted octanol–water partition coefficient (Wildman–Crippen LogP) is 2.91. The van der Waals surface area contributed by atoms with Crippen molar-refractivity contribution in [2.45, 2.75) is 38.6 Å². The van der Waals surface area contributed by atoms with Gasteiger partial charge in [-0.3, -0.25) is 0 Å². The van der Waals surface area contributed by atoms with Gasteiger partial charge < -0.3 is 15.5 Å². The fourth-order valence-corrected chi connectivity index (χ4v) is 2.98. The Morgan fingerprint density at radius 3 is 2.25 bits per heavy atom. The van der Waals surface area contributed by atoms with Crippen LogP contribution in [0.4, 0.5) is 10.5 Å². The summed E-state index contributed by atoms with van der Waals surface area (Å²) in [5.74, 6) is 0. The number of hydrogen-bond donors (Lipinski definition) is 2. The van der Waals surface area contributed by atoms with Crippen LogP contribution in [-0.4, -0.2) is 37.1 Å². The van der Waals surface area contributed by atoms with Gasteiger partial charge in [0, 0.05) is 12.2 Å². The van der Waals surface area contributed by atoms with Crippen LogP contribution in [0.15, 0.2) is 18.2 Å². The van der Waals surface area contributed by atoms with Gasteiger partial charge in [-0.1, -0.05) is 6.07 Å². The molecule has 1 aromatic rings. The zero-order valence-electron chi connectivity index (χ0n) is 12.9. The number of rotatable bonds is 4. The summed E-state index contributed by atoms with van der Waals surface area (Å²) in [5, 5.41) is 6.11. The van der Waals surface area contributed by atoms with E-state index in [0.717, 1.165) is 36.2 Å². The third-order valence-electron chi connectivity index (χ3n) is 3.79. The van der Waals surface area contributed by atoms with E-state index in [-0.39, 0.29) is 11.6 Å². The van der Waals surface area contributed by atoms with E-state index in [0.29, 0.717) is 0 Å². The summed E-state index contributed by atoms with van der Waals surface area (Å²) in [7, 11) is 4.09. The fourth-order valence-electron chi connectivity index (χ4n) is 2.98. The molecular weight excluding hydrogens is 250 g/mol. The number of amides is 2. The largest absolute Gasteiger partial charge is 0.331 e. The van der Waals surface area contributed by atoms with Gasteiger partial charge in [0.05, 0.1) is 5.54 Å². The third kappa shape index (κ3) is 3.73. The van der Waals surface area contributed by atoms with Crippen molar-refractivity contribution in [3.8, 4) is 0 Å². The van der Waals surface area contributed by atoms with Crippen LogP contribution in [0.2, 0.25) is 0 Å². The molecule has 2 rings (SSSR count). The number of carbonyl (C=O) groups is 1. The van der Waals surface area contributed by atoms with E-state index in [9.17, 15) is 4.79 Å². The molecule has 1 aliphatic rings. The van der Waals surface area contributed by atoms with Crippen molar-refractivity contribution in [3.63, 3.8) is 0 Å². The molecule has 0 aliphatic heterocycles. The summed E-state index contributed by atoms with van der Waals surface area (Å²) in [6.45, 7) is 4.97. The monoisotopic (exact) mass is 275 g/mol. The summed E-state index contributed by atoms with van der Waals surface area (Å²) in [4.78, 5) is 14.3. The highest BCUT2D eigenvalue weighted by atomic mass is 16.2. The zero-order chi connectivity index (χ0) is 14.8. The number of urea groups is 1. The summed E-state index contributed by atoms with van der Waals surface area (Å²) < 4.78 is 0. The van der Waals surface area contributed by atoms with Crippen molar-refractivity contribution in [2.75, 3.05) is 26.0 Å². The smallest absolute Gasteiger partial charge is 0.319 e. The molecule has 2 N–H and O–H groups in total. The lowest BCUT2D eigenvalue weighted by molar-refractivity contribution is 0.144. The third-order valence-corrected chi connectivity index (χ3v) is 3.79. The predicted molar refractivity (Wildman–Crippen MR) is 83.2 cm³/mol. The Hall–Kier alpha value is -1.55. The van der Waals surface area contributed by atoms with Crippen molar-refractivity contribution >= 4 is 11.7 Å². The zero-order valence-corrected chi connectivity index (χ0v) is 12.9. The molecule has 0 radical (unpaired) electrons. The van der Waals surface area contributed by atoms with Crippen LogP contribution in [0.25, 0.3) is 0 Å². The summed E-state index contributed by atoms with van der Waals surface area (Å²) in [5.41, 5.74) is 3.13. The maximum absolute atomic E-state index is 12.2. The average Bonchev–Trinajstić information content (AvgIpc) is 2.23. The molecule has 0 spiro atoms. The maximum atomic E-state index is 12.2. The minimum absolute atomic E-state index is 0.0492. The average molecular weight is 275 g/mol. The van der Waals surface area contributed by atoms with E-state index in [1.807, 2.05) is 40.1 Å². The molecule has 0 heterocycles. The Morgan fingerprint density at radius 1 is 1.20 bits per heavy atom. The Bertz CT molecular complexity index is 472. The number of nitrogens with zero attached hydrogens (tertiary/aromatic N) is 1. The fraction of sp³-hybridized carbons (Fsp3) is 0.562. The van der Waals surface area contributed by atoms with Crippen LogP contribution in [-0.2, 0) is 0 Å². The molecule has 1 saturated carbocycles. The minimum atomic E-state index is -0.100. The number of likely N-dealkylation sites (N-methyl/N-ethyl adjacent to an activating group) is 1. The van der Waals surface area contributed by atoms with Gasteiger partial charge in [0.25, 0.3) is 0 Å². The summed E-state index contributed by atoms with van der Waals surface area (Å²) in [6.07, 6.45) is 3.31. The quantitative estimate of drug-likeness (QED) is 0.887. The molecule has 1 fully saturated rings. The summed E-state index contributed by atoms with van der Waals surface area (Å²) in [6, 6.07) is 5.98. The van der Waals surface area contributed by atoms with E-state index in [4.69, 9.17) is 0 Å². The normalized spacial score (nSPS) is 16.6. The van der Waals surface area contributed by atoms with Crippen LogP contribution in [0, 0.1) is 13.8 Å². The first-order chi connectivity index (χ1) is 9.38. The molecular formula is C16H25N3O. The lowest BCUT2D eigenvalue weighted by atomic mass is 9.76. The topological polar surface area (TPSA) is 44.4 Å². The molecule has 2 amide bonds. The lowest BCUT2D eigenvalue weighted by Gasteiger charge is -2.44. The molecule has 0 atom stereocenters. The Kier molecular flexibility index (Phi) is 4.33. The van der Waals surface area contributed by atoms with Gasteiger partial charge in [-0.2, -0.15) is 0 Å². The van der Waals surface area contributed by atoms with Crippen LogP contribution in [0.5, 0.6) is 0 Å². The maximum Gasteiger partial charge on any atom is 0.319 e. The number of anilines is 1. The first kappa shape index (κ1) is 14.9. The van der Waals surface area contributed by atoms with Crippen molar-refractivity contribution in [1.82, 2.24) is 10.2 Å². The Balaban J connectivity index is 1.98. The van der Waals surface area contributed by atoms with Crippen molar-refractivity contribution in [1.29, 1.82) is 0 Å². The second kappa shape index (κ2) is 5.83. The van der Waals surface area contributed by atoms with E-state index in [2.05, 4.69) is 21.6 Å².